The lowest BCUT2D eigenvalue weighted by Crippen LogP contribution is -2.21. The molecule has 0 saturated carbocycles. The maximum atomic E-state index is 5.76. The van der Waals surface area contributed by atoms with Crippen molar-refractivity contribution in [1.29, 1.82) is 0 Å². The van der Waals surface area contributed by atoms with E-state index in [9.17, 15) is 0 Å². The average molecular weight is 167 g/mol. The summed E-state index contributed by atoms with van der Waals surface area (Å²) < 4.78 is 5.47. The third-order valence-corrected chi connectivity index (χ3v) is 2.26. The van der Waals surface area contributed by atoms with Crippen molar-refractivity contribution in [3.63, 3.8) is 0 Å². The lowest BCUT2D eigenvalue weighted by atomic mass is 10.0. The second-order valence-corrected chi connectivity index (χ2v) is 3.38. The van der Waals surface area contributed by atoms with E-state index in [2.05, 4.69) is 5.92 Å². The van der Waals surface area contributed by atoms with Crippen molar-refractivity contribution in [2.24, 2.45) is 5.73 Å². The molecular formula is C10H17NO. The van der Waals surface area contributed by atoms with Gasteiger partial charge in [-0.1, -0.05) is 0 Å². The van der Waals surface area contributed by atoms with E-state index in [0.29, 0.717) is 12.5 Å². The molecule has 68 valence electrons. The van der Waals surface area contributed by atoms with Crippen LogP contribution < -0.4 is 5.73 Å². The predicted molar refractivity (Wildman–Crippen MR) is 49.6 cm³/mol. The van der Waals surface area contributed by atoms with Crippen LogP contribution in [0.15, 0.2) is 0 Å². The normalized spacial score (nSPS) is 25.2. The highest BCUT2D eigenvalue weighted by Gasteiger charge is 2.15. The first-order valence-corrected chi connectivity index (χ1v) is 4.63. The van der Waals surface area contributed by atoms with Crippen LogP contribution in [0, 0.1) is 12.3 Å². The summed E-state index contributed by atoms with van der Waals surface area (Å²) in [5.41, 5.74) is 5.76. The van der Waals surface area contributed by atoms with Gasteiger partial charge in [0.15, 0.2) is 0 Å². The SMILES string of the molecule is C#CCC(N)CCC1CCCO1. The standard InChI is InChI=1S/C10H17NO/c1-2-4-9(11)6-7-10-5-3-8-12-10/h1,9-10H,3-8,11H2. The fourth-order valence-electron chi connectivity index (χ4n) is 1.53. The molecule has 2 unspecified atom stereocenters. The summed E-state index contributed by atoms with van der Waals surface area (Å²) in [5, 5.41) is 0. The number of rotatable bonds is 4. The van der Waals surface area contributed by atoms with Crippen LogP contribution in [0.25, 0.3) is 0 Å². The Labute approximate surface area is 74.5 Å². The van der Waals surface area contributed by atoms with Crippen molar-refractivity contribution in [3.05, 3.63) is 0 Å². The largest absolute Gasteiger partial charge is 0.378 e. The fourth-order valence-corrected chi connectivity index (χ4v) is 1.53. The van der Waals surface area contributed by atoms with Crippen molar-refractivity contribution in [2.45, 2.75) is 44.2 Å². The number of hydrogen-bond acceptors (Lipinski definition) is 2. The Kier molecular flexibility index (Phi) is 4.13. The molecule has 0 bridgehead atoms. The van der Waals surface area contributed by atoms with Gasteiger partial charge in [0.25, 0.3) is 0 Å². The first kappa shape index (κ1) is 9.57. The van der Waals surface area contributed by atoms with E-state index < -0.39 is 0 Å². The zero-order chi connectivity index (χ0) is 8.81. The molecule has 1 aliphatic heterocycles. The Morgan fingerprint density at radius 3 is 3.08 bits per heavy atom. The third kappa shape index (κ3) is 3.25. The predicted octanol–water partition coefficient (Wildman–Crippen LogP) is 1.30. The topological polar surface area (TPSA) is 35.2 Å². The van der Waals surface area contributed by atoms with E-state index in [-0.39, 0.29) is 6.04 Å². The van der Waals surface area contributed by atoms with Gasteiger partial charge in [0, 0.05) is 19.1 Å². The highest BCUT2D eigenvalue weighted by molar-refractivity contribution is 4.88. The Balaban J connectivity index is 2.04. The molecule has 12 heavy (non-hydrogen) atoms. The Hall–Kier alpha value is -0.520. The van der Waals surface area contributed by atoms with E-state index in [1.807, 2.05) is 0 Å². The lowest BCUT2D eigenvalue weighted by Gasteiger charge is -2.11. The van der Waals surface area contributed by atoms with Gasteiger partial charge in [0.05, 0.1) is 6.10 Å². The van der Waals surface area contributed by atoms with Crippen molar-refractivity contribution in [1.82, 2.24) is 0 Å². The van der Waals surface area contributed by atoms with Crippen molar-refractivity contribution in [2.75, 3.05) is 6.61 Å². The lowest BCUT2D eigenvalue weighted by molar-refractivity contribution is 0.101. The number of terminal acetylenes is 1. The fraction of sp³-hybridized carbons (Fsp3) is 0.800. The molecule has 0 aromatic heterocycles. The molecule has 1 heterocycles. The van der Waals surface area contributed by atoms with Crippen LogP contribution >= 0.6 is 0 Å². The molecule has 2 atom stereocenters. The smallest absolute Gasteiger partial charge is 0.0576 e. The first-order valence-electron chi connectivity index (χ1n) is 4.63. The summed E-state index contributed by atoms with van der Waals surface area (Å²) in [6, 6.07) is 0.166. The van der Waals surface area contributed by atoms with Crippen LogP contribution in [0.5, 0.6) is 0 Å². The molecular weight excluding hydrogens is 150 g/mol. The molecule has 1 aliphatic rings. The molecule has 1 saturated heterocycles. The van der Waals surface area contributed by atoms with Gasteiger partial charge in [-0.15, -0.1) is 12.3 Å². The van der Waals surface area contributed by atoms with Gasteiger partial charge in [-0.3, -0.25) is 0 Å². The highest BCUT2D eigenvalue weighted by atomic mass is 16.5. The van der Waals surface area contributed by atoms with Crippen LogP contribution in [0.3, 0.4) is 0 Å². The molecule has 0 spiro atoms. The molecule has 2 nitrogen and oxygen atoms in total. The van der Waals surface area contributed by atoms with Crippen LogP contribution in [-0.4, -0.2) is 18.8 Å². The Morgan fingerprint density at radius 2 is 2.50 bits per heavy atom. The van der Waals surface area contributed by atoms with Crippen molar-refractivity contribution in [3.8, 4) is 12.3 Å². The molecule has 0 radical (unpaired) electrons. The minimum absolute atomic E-state index is 0.166. The van der Waals surface area contributed by atoms with Gasteiger partial charge in [-0.2, -0.15) is 0 Å². The van der Waals surface area contributed by atoms with Gasteiger partial charge < -0.3 is 10.5 Å². The maximum absolute atomic E-state index is 5.76. The monoisotopic (exact) mass is 167 g/mol. The summed E-state index contributed by atoms with van der Waals surface area (Å²) in [5.74, 6) is 2.58. The minimum atomic E-state index is 0.166. The molecule has 0 aromatic rings. The van der Waals surface area contributed by atoms with Gasteiger partial charge in [-0.25, -0.2) is 0 Å². The van der Waals surface area contributed by atoms with Gasteiger partial charge in [0.1, 0.15) is 0 Å². The average Bonchev–Trinajstić information content (AvgIpc) is 2.53. The number of nitrogens with two attached hydrogens (primary N) is 1. The quantitative estimate of drug-likeness (QED) is 0.640. The summed E-state index contributed by atoms with van der Waals surface area (Å²) in [7, 11) is 0. The van der Waals surface area contributed by atoms with Gasteiger partial charge in [0.2, 0.25) is 0 Å². The second kappa shape index (κ2) is 5.18. The first-order chi connectivity index (χ1) is 5.83. The maximum Gasteiger partial charge on any atom is 0.0576 e. The highest BCUT2D eigenvalue weighted by Crippen LogP contribution is 2.17. The summed E-state index contributed by atoms with van der Waals surface area (Å²) in [4.78, 5) is 0. The molecule has 1 rings (SSSR count). The molecule has 1 fully saturated rings. The van der Waals surface area contributed by atoms with E-state index >= 15 is 0 Å². The number of hydrogen-bond donors (Lipinski definition) is 1. The van der Waals surface area contributed by atoms with Crippen LogP contribution in [-0.2, 0) is 4.74 Å². The minimum Gasteiger partial charge on any atom is -0.378 e. The summed E-state index contributed by atoms with van der Waals surface area (Å²) >= 11 is 0. The van der Waals surface area contributed by atoms with E-state index in [1.54, 1.807) is 0 Å². The second-order valence-electron chi connectivity index (χ2n) is 3.38. The van der Waals surface area contributed by atoms with E-state index in [4.69, 9.17) is 16.9 Å². The van der Waals surface area contributed by atoms with Gasteiger partial charge >= 0.3 is 0 Å². The third-order valence-electron chi connectivity index (χ3n) is 2.26. The van der Waals surface area contributed by atoms with Crippen molar-refractivity contribution >= 4 is 0 Å². The Bertz CT molecular complexity index is 156. The zero-order valence-corrected chi connectivity index (χ0v) is 7.46. The van der Waals surface area contributed by atoms with Crippen LogP contribution in [0.1, 0.15) is 32.1 Å². The Morgan fingerprint density at radius 1 is 1.67 bits per heavy atom. The molecule has 0 aromatic carbocycles. The van der Waals surface area contributed by atoms with Crippen molar-refractivity contribution < 1.29 is 4.74 Å². The van der Waals surface area contributed by atoms with Crippen LogP contribution in [0.2, 0.25) is 0 Å². The summed E-state index contributed by atoms with van der Waals surface area (Å²) in [6.07, 6.45) is 10.8. The molecule has 0 amide bonds. The number of ether oxygens (including phenoxy) is 1. The molecule has 0 aliphatic carbocycles. The molecule has 2 N–H and O–H groups in total. The van der Waals surface area contributed by atoms with E-state index in [1.165, 1.54) is 12.8 Å². The zero-order valence-electron chi connectivity index (χ0n) is 7.46. The summed E-state index contributed by atoms with van der Waals surface area (Å²) in [6.45, 7) is 0.926. The molecule has 2 heteroatoms. The van der Waals surface area contributed by atoms with Crippen LogP contribution in [0.4, 0.5) is 0 Å². The van der Waals surface area contributed by atoms with Gasteiger partial charge in [-0.05, 0) is 25.7 Å². The van der Waals surface area contributed by atoms with E-state index in [0.717, 1.165) is 19.4 Å².